The van der Waals surface area contributed by atoms with E-state index in [0.29, 0.717) is 48.3 Å². The minimum absolute atomic E-state index is 0.0351. The van der Waals surface area contributed by atoms with Gasteiger partial charge in [-0.05, 0) is 54.7 Å². The fraction of sp³-hybridized carbons (Fsp3) is 0.515. The molecule has 0 radical (unpaired) electrons. The summed E-state index contributed by atoms with van der Waals surface area (Å²) in [6.45, 7) is 5.54. The number of hydrazone groups is 1. The first-order valence-corrected chi connectivity index (χ1v) is 16.6. The molecule has 0 saturated carbocycles. The average Bonchev–Trinajstić information content (AvgIpc) is 3.09. The number of nitrogens with zero attached hydrogens (tertiary/aromatic N) is 5. The van der Waals surface area contributed by atoms with E-state index < -0.39 is 28.3 Å². The van der Waals surface area contributed by atoms with Gasteiger partial charge >= 0.3 is 12.1 Å². The van der Waals surface area contributed by atoms with Gasteiger partial charge in [-0.1, -0.05) is 75.7 Å². The van der Waals surface area contributed by atoms with Crippen LogP contribution in [0.5, 0.6) is 0 Å². The Kier molecular flexibility index (Phi) is 18.2. The quantitative estimate of drug-likeness (QED) is 0.0238. The molecular weight excluding hydrogens is 670 g/mol. The lowest BCUT2D eigenvalue weighted by molar-refractivity contribution is -0.757. The number of carbonyl (C=O) groups excluding carboxylic acids is 3. The molecule has 2 amide bonds. The Hall–Kier alpha value is -5.52. The Morgan fingerprint density at radius 1 is 0.843 bits per heavy atom. The van der Waals surface area contributed by atoms with Crippen molar-refractivity contribution in [1.82, 2.24) is 10.0 Å². The molecule has 1 atom stereocenters. The van der Waals surface area contributed by atoms with Crippen molar-refractivity contribution in [2.24, 2.45) is 22.6 Å². The van der Waals surface area contributed by atoms with Gasteiger partial charge in [0, 0.05) is 18.5 Å². The fourth-order valence-electron chi connectivity index (χ4n) is 4.90. The zero-order valence-electron chi connectivity index (χ0n) is 29.1. The van der Waals surface area contributed by atoms with Crippen molar-refractivity contribution in [3.8, 4) is 11.1 Å². The molecule has 18 heteroatoms. The van der Waals surface area contributed by atoms with Crippen LogP contribution in [0.3, 0.4) is 0 Å². The number of benzene rings is 2. The topological polar surface area (TPSA) is 245 Å². The summed E-state index contributed by atoms with van der Waals surface area (Å²) in [5.74, 6) is 4.70. The molecule has 0 fully saturated rings. The second-order valence-electron chi connectivity index (χ2n) is 11.7. The lowest BCUT2D eigenvalue weighted by Gasteiger charge is -2.33. The molecule has 2 aromatic carbocycles. The molecule has 4 N–H and O–H groups in total. The van der Waals surface area contributed by atoms with Gasteiger partial charge in [-0.15, -0.1) is 30.4 Å². The van der Waals surface area contributed by atoms with Crippen LogP contribution in [0.1, 0.15) is 76.8 Å². The predicted octanol–water partition coefficient (Wildman–Crippen LogP) is 4.35. The summed E-state index contributed by atoms with van der Waals surface area (Å²) in [7, 11) is 0. The van der Waals surface area contributed by atoms with Crippen LogP contribution < -0.4 is 11.6 Å². The van der Waals surface area contributed by atoms with Crippen LogP contribution in [-0.2, 0) is 35.3 Å². The number of rotatable bonds is 23. The number of hydrogen-bond acceptors (Lipinski definition) is 13. The lowest BCUT2D eigenvalue weighted by Crippen LogP contribution is -2.48. The van der Waals surface area contributed by atoms with Crippen molar-refractivity contribution in [2.75, 3.05) is 26.4 Å². The van der Waals surface area contributed by atoms with E-state index in [1.54, 1.807) is 23.1 Å². The van der Waals surface area contributed by atoms with Crippen molar-refractivity contribution >= 4 is 23.8 Å². The van der Waals surface area contributed by atoms with E-state index in [-0.39, 0.29) is 57.1 Å². The molecule has 18 nitrogen and oxygen atoms in total. The molecule has 1 unspecified atom stereocenters. The normalized spacial score (nSPS) is 11.7. The highest BCUT2D eigenvalue weighted by Gasteiger charge is 2.33. The zero-order valence-corrected chi connectivity index (χ0v) is 29.1. The average molecular weight is 718 g/mol. The van der Waals surface area contributed by atoms with E-state index in [9.17, 15) is 34.6 Å². The minimum atomic E-state index is -0.973. The van der Waals surface area contributed by atoms with Crippen LogP contribution in [0.25, 0.3) is 11.1 Å². The van der Waals surface area contributed by atoms with E-state index in [1.807, 2.05) is 51.1 Å². The molecule has 51 heavy (non-hydrogen) atoms. The maximum atomic E-state index is 13.4. The molecule has 2 rings (SSSR count). The molecule has 2 aromatic rings. The van der Waals surface area contributed by atoms with E-state index in [1.165, 1.54) is 0 Å². The zero-order chi connectivity index (χ0) is 37.8. The van der Waals surface area contributed by atoms with Gasteiger partial charge in [0.1, 0.15) is 6.04 Å². The van der Waals surface area contributed by atoms with Gasteiger partial charge in [-0.25, -0.2) is 15.4 Å². The summed E-state index contributed by atoms with van der Waals surface area (Å²) in [4.78, 5) is 69.5. The minimum Gasteiger partial charge on any atom is -0.464 e. The maximum absolute atomic E-state index is 13.4. The van der Waals surface area contributed by atoms with Crippen LogP contribution >= 0.6 is 0 Å². The fourth-order valence-corrected chi connectivity index (χ4v) is 4.90. The first-order valence-electron chi connectivity index (χ1n) is 16.6. The van der Waals surface area contributed by atoms with Crippen molar-refractivity contribution in [1.29, 1.82) is 0 Å². The summed E-state index contributed by atoms with van der Waals surface area (Å²) >= 11 is 0. The van der Waals surface area contributed by atoms with Crippen LogP contribution in [0.4, 0.5) is 4.79 Å². The second kappa shape index (κ2) is 22.2. The van der Waals surface area contributed by atoms with Gasteiger partial charge in [0.2, 0.25) is 5.91 Å². The van der Waals surface area contributed by atoms with E-state index in [2.05, 4.69) is 14.8 Å². The Balaban J connectivity index is 2.18. The van der Waals surface area contributed by atoms with Gasteiger partial charge in [0.05, 0.1) is 26.4 Å². The maximum Gasteiger partial charge on any atom is 0.445 e. The summed E-state index contributed by atoms with van der Waals surface area (Å²) in [6.07, 6.45) is 2.05. The number of amides is 2. The Morgan fingerprint density at radius 2 is 1.41 bits per heavy atom. The van der Waals surface area contributed by atoms with Gasteiger partial charge in [0.25, 0.3) is 10.2 Å². The van der Waals surface area contributed by atoms with Crippen LogP contribution in [0, 0.1) is 26.1 Å². The van der Waals surface area contributed by atoms with Gasteiger partial charge in [-0.3, -0.25) is 4.79 Å². The Morgan fingerprint density at radius 3 is 1.98 bits per heavy atom. The molecule has 0 aliphatic carbocycles. The first kappa shape index (κ1) is 41.7. The molecule has 0 spiro atoms. The first-order chi connectivity index (χ1) is 24.3. The molecule has 280 valence electrons. The highest BCUT2D eigenvalue weighted by Crippen LogP contribution is 2.26. The Bertz CT molecular complexity index is 1470. The molecule has 0 aliphatic heterocycles. The van der Waals surface area contributed by atoms with Crippen molar-refractivity contribution in [2.45, 2.75) is 78.3 Å². The largest absolute Gasteiger partial charge is 0.464 e. The molecule has 0 bridgehead atoms. The molecular formula is C33H47N7O11. The summed E-state index contributed by atoms with van der Waals surface area (Å²) in [6, 6.07) is 13.6. The van der Waals surface area contributed by atoms with Crippen molar-refractivity contribution < 1.29 is 43.7 Å². The summed E-state index contributed by atoms with van der Waals surface area (Å²) < 4.78 is 10.5. The van der Waals surface area contributed by atoms with Crippen LogP contribution in [-0.4, -0.2) is 76.5 Å². The van der Waals surface area contributed by atoms with Crippen LogP contribution in [0.15, 0.2) is 53.6 Å². The number of ether oxygens (including phenoxy) is 2. The highest BCUT2D eigenvalue weighted by atomic mass is 17.0. The summed E-state index contributed by atoms with van der Waals surface area (Å²) in [5, 5.41) is 23.2. The van der Waals surface area contributed by atoms with Crippen LogP contribution in [0.2, 0.25) is 0 Å². The van der Waals surface area contributed by atoms with Crippen molar-refractivity contribution in [3.05, 3.63) is 79.9 Å². The highest BCUT2D eigenvalue weighted by molar-refractivity contribution is 6.03. The molecule has 0 aliphatic rings. The number of carbonyl (C=O) groups is 3. The number of hydrazine groups is 1. The number of amidine groups is 1. The monoisotopic (exact) mass is 717 g/mol. The second-order valence-corrected chi connectivity index (χ2v) is 11.7. The smallest absolute Gasteiger partial charge is 0.445 e. The molecule has 0 heterocycles. The van der Waals surface area contributed by atoms with Crippen molar-refractivity contribution in [3.63, 3.8) is 0 Å². The van der Waals surface area contributed by atoms with E-state index in [4.69, 9.17) is 21.1 Å². The number of unbranched alkanes of at least 4 members (excludes halogenated alkanes) is 3. The van der Waals surface area contributed by atoms with E-state index in [0.717, 1.165) is 17.5 Å². The van der Waals surface area contributed by atoms with Gasteiger partial charge in [-0.2, -0.15) is 0 Å². The SMILES string of the molecule is CCCCC(=O)N(Cc1ccc(-c2ccccc2/C(N)=N/N(N)C(=O)OCCCCO[N+](=O)[O-])cc1)C(C(=O)OCCCCO[N+](=O)[O-])C(C)C. The number of nitrogens with two attached hydrogens (primary N) is 2. The number of esters is 1. The third kappa shape index (κ3) is 14.9. The molecule has 0 saturated heterocycles. The van der Waals surface area contributed by atoms with Gasteiger partial charge in [0.15, 0.2) is 5.84 Å². The standard InChI is InChI=1S/C33H47N7O11/c1-4-5-14-29(41)37(30(24(2)3)32(42)48-19-8-10-21-50-39(44)45)23-25-15-17-26(18-16-25)27-12-6-7-13-28(27)31(34)36-38(35)33(43)49-20-9-11-22-51-40(46)47/h6-7,12-13,15-18,24,30H,4-5,8-11,14,19-23,35H2,1-3H3,(H2,34,36). The predicted molar refractivity (Wildman–Crippen MR) is 184 cm³/mol. The van der Waals surface area contributed by atoms with Gasteiger partial charge < -0.3 is 29.8 Å². The Labute approximate surface area is 295 Å². The molecule has 0 aromatic heterocycles. The summed E-state index contributed by atoms with van der Waals surface area (Å²) in [5.41, 5.74) is 8.92. The third-order valence-electron chi connectivity index (χ3n) is 7.44. The third-order valence-corrected chi connectivity index (χ3v) is 7.44. The lowest BCUT2D eigenvalue weighted by atomic mass is 9.97. The van der Waals surface area contributed by atoms with E-state index >= 15 is 0 Å². The number of hydrogen-bond donors (Lipinski definition) is 2.